The minimum atomic E-state index is -0.346. The summed E-state index contributed by atoms with van der Waals surface area (Å²) >= 11 is 3.02. The Morgan fingerprint density at radius 1 is 1.10 bits per heavy atom. The molecule has 0 aromatic heterocycles. The van der Waals surface area contributed by atoms with Crippen LogP contribution in [0.15, 0.2) is 58.5 Å². The van der Waals surface area contributed by atoms with E-state index in [0.29, 0.717) is 0 Å². The molecule has 0 atom stereocenters. The fourth-order valence-electron chi connectivity index (χ4n) is 1.94. The molecule has 21 heavy (non-hydrogen) atoms. The van der Waals surface area contributed by atoms with Crippen molar-refractivity contribution in [3.05, 3.63) is 74.2 Å². The van der Waals surface area contributed by atoms with Gasteiger partial charge in [0.1, 0.15) is 0 Å². The highest BCUT2D eigenvalue weighted by atomic mass is 32.2. The number of nitrogens with zero attached hydrogens (tertiary/aromatic N) is 1. The summed E-state index contributed by atoms with van der Waals surface area (Å²) in [4.78, 5) is 10.9. The van der Waals surface area contributed by atoms with Gasteiger partial charge in [0.15, 0.2) is 0 Å². The maximum Gasteiger partial charge on any atom is 0.271 e. The van der Waals surface area contributed by atoms with Crippen LogP contribution in [0.4, 0.5) is 0 Å². The highest BCUT2D eigenvalue weighted by Crippen LogP contribution is 2.26. The molecule has 0 amide bonds. The lowest BCUT2D eigenvalue weighted by Crippen LogP contribution is -1.96. The standard InChI is InChI=1S/C16H15NO2S2/c1-20-16(21-2)11-15(17(18)19)10-12-7-8-13-5-3-4-6-14(13)9-12/h3-11H,1-2H3/b15-10+. The average Bonchev–Trinajstić information content (AvgIpc) is 2.51. The summed E-state index contributed by atoms with van der Waals surface area (Å²) in [5.74, 6) is 0. The zero-order valence-corrected chi connectivity index (χ0v) is 13.4. The van der Waals surface area contributed by atoms with Gasteiger partial charge in [0.2, 0.25) is 0 Å². The SMILES string of the molecule is CSC(=C/C(=C\c1ccc2ccccc2c1)[N+](=O)[O-])SC. The van der Waals surface area contributed by atoms with E-state index >= 15 is 0 Å². The van der Waals surface area contributed by atoms with Crippen LogP contribution in [0.3, 0.4) is 0 Å². The Bertz CT molecular complexity index is 717. The van der Waals surface area contributed by atoms with E-state index in [1.54, 1.807) is 12.2 Å². The van der Waals surface area contributed by atoms with Crippen molar-refractivity contribution in [2.45, 2.75) is 0 Å². The van der Waals surface area contributed by atoms with Gasteiger partial charge < -0.3 is 0 Å². The van der Waals surface area contributed by atoms with E-state index in [1.165, 1.54) is 23.5 Å². The number of fused-ring (bicyclic) bond motifs is 1. The number of rotatable bonds is 5. The molecule has 0 saturated heterocycles. The van der Waals surface area contributed by atoms with Crippen LogP contribution in [-0.2, 0) is 0 Å². The van der Waals surface area contributed by atoms with Crippen molar-refractivity contribution in [1.82, 2.24) is 0 Å². The molecule has 0 aliphatic rings. The minimum absolute atomic E-state index is 0.101. The van der Waals surface area contributed by atoms with Gasteiger partial charge in [0.05, 0.1) is 4.92 Å². The molecule has 0 aliphatic heterocycles. The van der Waals surface area contributed by atoms with E-state index < -0.39 is 0 Å². The Hall–Kier alpha value is -1.72. The van der Waals surface area contributed by atoms with Crippen LogP contribution in [0.25, 0.3) is 16.8 Å². The quantitative estimate of drug-likeness (QED) is 0.441. The third-order valence-corrected chi connectivity index (χ3v) is 5.01. The van der Waals surface area contributed by atoms with Crippen molar-refractivity contribution in [1.29, 1.82) is 0 Å². The molecule has 2 rings (SSSR count). The minimum Gasteiger partial charge on any atom is -0.258 e. The highest BCUT2D eigenvalue weighted by molar-refractivity contribution is 8.21. The van der Waals surface area contributed by atoms with E-state index in [9.17, 15) is 10.1 Å². The number of allylic oxidation sites excluding steroid dienone is 1. The summed E-state index contributed by atoms with van der Waals surface area (Å²) in [5.41, 5.74) is 0.933. The highest BCUT2D eigenvalue weighted by Gasteiger charge is 2.09. The number of hydrogen-bond donors (Lipinski definition) is 0. The van der Waals surface area contributed by atoms with E-state index in [0.717, 1.165) is 20.6 Å². The van der Waals surface area contributed by atoms with Crippen molar-refractivity contribution >= 4 is 40.4 Å². The average molecular weight is 317 g/mol. The zero-order valence-electron chi connectivity index (χ0n) is 11.8. The summed E-state index contributed by atoms with van der Waals surface area (Å²) in [5, 5.41) is 13.4. The topological polar surface area (TPSA) is 43.1 Å². The number of benzene rings is 2. The molecule has 0 unspecified atom stereocenters. The van der Waals surface area contributed by atoms with Gasteiger partial charge in [-0.25, -0.2) is 0 Å². The van der Waals surface area contributed by atoms with Gasteiger partial charge in [-0.1, -0.05) is 36.4 Å². The molecule has 0 N–H and O–H groups in total. The molecule has 0 fully saturated rings. The fourth-order valence-corrected chi connectivity index (χ4v) is 3.08. The van der Waals surface area contributed by atoms with Crippen LogP contribution in [-0.4, -0.2) is 17.4 Å². The van der Waals surface area contributed by atoms with Gasteiger partial charge in [-0.05, 0) is 34.9 Å². The van der Waals surface area contributed by atoms with Gasteiger partial charge in [-0.15, -0.1) is 23.5 Å². The van der Waals surface area contributed by atoms with Crippen molar-refractivity contribution in [2.24, 2.45) is 0 Å². The van der Waals surface area contributed by atoms with Gasteiger partial charge >= 0.3 is 0 Å². The first-order valence-corrected chi connectivity index (χ1v) is 8.73. The Kier molecular flexibility index (Phi) is 5.47. The molecule has 0 spiro atoms. The predicted molar refractivity (Wildman–Crippen MR) is 94.0 cm³/mol. The molecule has 0 aliphatic carbocycles. The zero-order chi connectivity index (χ0) is 15.2. The van der Waals surface area contributed by atoms with Crippen LogP contribution < -0.4 is 0 Å². The number of nitro groups is 1. The van der Waals surface area contributed by atoms with Crippen molar-refractivity contribution < 1.29 is 4.92 Å². The Morgan fingerprint density at radius 2 is 1.76 bits per heavy atom. The largest absolute Gasteiger partial charge is 0.271 e. The third-order valence-electron chi connectivity index (χ3n) is 2.97. The number of thioether (sulfide) groups is 2. The first-order chi connectivity index (χ1) is 10.1. The van der Waals surface area contributed by atoms with Crippen molar-refractivity contribution in [3.63, 3.8) is 0 Å². The summed E-state index contributed by atoms with van der Waals surface area (Å²) in [6.07, 6.45) is 7.05. The normalized spacial score (nSPS) is 11.4. The first kappa shape index (κ1) is 15.7. The molecule has 3 nitrogen and oxygen atoms in total. The van der Waals surface area contributed by atoms with Crippen LogP contribution in [0.1, 0.15) is 5.56 Å². The lowest BCUT2D eigenvalue weighted by Gasteiger charge is -2.01. The molecular weight excluding hydrogens is 302 g/mol. The summed E-state index contributed by atoms with van der Waals surface area (Å²) in [6.45, 7) is 0. The van der Waals surface area contributed by atoms with Crippen LogP contribution in [0, 0.1) is 10.1 Å². The van der Waals surface area contributed by atoms with E-state index in [1.807, 2.05) is 55.0 Å². The molecule has 5 heteroatoms. The number of hydrogen-bond acceptors (Lipinski definition) is 4. The second kappa shape index (κ2) is 7.33. The Labute approximate surface area is 132 Å². The van der Waals surface area contributed by atoms with Gasteiger partial charge in [-0.3, -0.25) is 10.1 Å². The molecule has 108 valence electrons. The van der Waals surface area contributed by atoms with Crippen molar-refractivity contribution in [3.8, 4) is 0 Å². The Balaban J connectivity index is 2.44. The van der Waals surface area contributed by atoms with Gasteiger partial charge in [0, 0.05) is 16.4 Å². The third kappa shape index (κ3) is 4.12. The van der Waals surface area contributed by atoms with Crippen LogP contribution in [0.5, 0.6) is 0 Å². The molecule has 0 saturated carbocycles. The summed E-state index contributed by atoms with van der Waals surface area (Å²) in [7, 11) is 0. The molecule has 0 radical (unpaired) electrons. The molecule has 2 aromatic carbocycles. The monoisotopic (exact) mass is 317 g/mol. The van der Waals surface area contributed by atoms with Crippen LogP contribution >= 0.6 is 23.5 Å². The molecular formula is C16H15NO2S2. The fraction of sp³-hybridized carbons (Fsp3) is 0.125. The Morgan fingerprint density at radius 3 is 2.38 bits per heavy atom. The van der Waals surface area contributed by atoms with Gasteiger partial charge in [0.25, 0.3) is 5.70 Å². The molecule has 2 aromatic rings. The van der Waals surface area contributed by atoms with E-state index in [4.69, 9.17) is 0 Å². The summed E-state index contributed by atoms with van der Waals surface area (Å²) in [6, 6.07) is 13.8. The summed E-state index contributed by atoms with van der Waals surface area (Å²) < 4.78 is 0.915. The van der Waals surface area contributed by atoms with E-state index in [2.05, 4.69) is 0 Å². The molecule has 0 bridgehead atoms. The second-order valence-corrected chi connectivity index (χ2v) is 6.26. The lowest BCUT2D eigenvalue weighted by molar-refractivity contribution is -0.417. The lowest BCUT2D eigenvalue weighted by atomic mass is 10.1. The smallest absolute Gasteiger partial charge is 0.258 e. The predicted octanol–water partition coefficient (Wildman–Crippen LogP) is 5.02. The van der Waals surface area contributed by atoms with Crippen molar-refractivity contribution in [2.75, 3.05) is 12.5 Å². The maximum atomic E-state index is 11.2. The van der Waals surface area contributed by atoms with E-state index in [-0.39, 0.29) is 10.6 Å². The molecule has 0 heterocycles. The first-order valence-electron chi connectivity index (χ1n) is 6.28. The van der Waals surface area contributed by atoms with Crippen LogP contribution in [0.2, 0.25) is 0 Å². The second-order valence-electron chi connectivity index (χ2n) is 4.30. The van der Waals surface area contributed by atoms with Gasteiger partial charge in [-0.2, -0.15) is 0 Å². The maximum absolute atomic E-state index is 11.2.